The topological polar surface area (TPSA) is 12.0 Å². The predicted octanol–water partition coefficient (Wildman–Crippen LogP) is 4.82. The molecule has 1 nitrogen and oxygen atoms in total. The van der Waals surface area contributed by atoms with Gasteiger partial charge in [-0.25, -0.2) is 0 Å². The van der Waals surface area contributed by atoms with Crippen LogP contribution in [0.4, 0.5) is 5.69 Å². The van der Waals surface area contributed by atoms with Crippen molar-refractivity contribution in [2.75, 3.05) is 5.32 Å². The third-order valence-corrected chi connectivity index (χ3v) is 3.41. The first-order valence-electron chi connectivity index (χ1n) is 6.27. The minimum Gasteiger partial charge on any atom is -0.381 e. The normalized spacial score (nSPS) is 10.4. The molecule has 94 valence electrons. The van der Waals surface area contributed by atoms with Gasteiger partial charge in [0.25, 0.3) is 0 Å². The molecule has 0 amide bonds. The number of para-hydroxylation sites is 1. The van der Waals surface area contributed by atoms with Gasteiger partial charge in [0.05, 0.1) is 0 Å². The summed E-state index contributed by atoms with van der Waals surface area (Å²) in [6, 6.07) is 14.5. The number of anilines is 1. The van der Waals surface area contributed by atoms with Crippen LogP contribution in [0, 0.1) is 6.92 Å². The number of benzene rings is 2. The summed E-state index contributed by atoms with van der Waals surface area (Å²) in [7, 11) is 0. The SMILES string of the molecule is CCc1ccccc1NCc1ccc(Cl)cc1C. The van der Waals surface area contributed by atoms with Crippen LogP contribution >= 0.6 is 11.6 Å². The first-order valence-corrected chi connectivity index (χ1v) is 6.65. The van der Waals surface area contributed by atoms with E-state index in [4.69, 9.17) is 11.6 Å². The number of halogens is 1. The minimum absolute atomic E-state index is 0.796. The largest absolute Gasteiger partial charge is 0.381 e. The maximum Gasteiger partial charge on any atom is 0.0408 e. The summed E-state index contributed by atoms with van der Waals surface area (Å²) in [5, 5.41) is 4.29. The fraction of sp³-hybridized carbons (Fsp3) is 0.250. The molecule has 0 aromatic heterocycles. The molecule has 0 atom stereocenters. The van der Waals surface area contributed by atoms with E-state index in [2.05, 4.69) is 49.5 Å². The first kappa shape index (κ1) is 13.0. The van der Waals surface area contributed by atoms with Crippen molar-refractivity contribution >= 4 is 17.3 Å². The van der Waals surface area contributed by atoms with Gasteiger partial charge in [-0.05, 0) is 48.2 Å². The van der Waals surface area contributed by atoms with Crippen molar-refractivity contribution in [3.63, 3.8) is 0 Å². The quantitative estimate of drug-likeness (QED) is 0.830. The molecule has 18 heavy (non-hydrogen) atoms. The Morgan fingerprint density at radius 1 is 1.06 bits per heavy atom. The molecule has 0 heterocycles. The lowest BCUT2D eigenvalue weighted by Gasteiger charge is -2.12. The van der Waals surface area contributed by atoms with Crippen molar-refractivity contribution < 1.29 is 0 Å². The van der Waals surface area contributed by atoms with E-state index >= 15 is 0 Å². The molecule has 2 aromatic rings. The van der Waals surface area contributed by atoms with Crippen LogP contribution in [0.5, 0.6) is 0 Å². The molecule has 0 saturated heterocycles. The fourth-order valence-corrected chi connectivity index (χ4v) is 2.28. The fourth-order valence-electron chi connectivity index (χ4n) is 2.05. The summed E-state index contributed by atoms with van der Waals surface area (Å²) < 4.78 is 0. The van der Waals surface area contributed by atoms with Crippen LogP contribution < -0.4 is 5.32 Å². The van der Waals surface area contributed by atoms with E-state index in [-0.39, 0.29) is 0 Å². The highest BCUT2D eigenvalue weighted by atomic mass is 35.5. The van der Waals surface area contributed by atoms with Crippen molar-refractivity contribution in [3.8, 4) is 0 Å². The van der Waals surface area contributed by atoms with Crippen LogP contribution in [-0.4, -0.2) is 0 Å². The van der Waals surface area contributed by atoms with Gasteiger partial charge in [0.15, 0.2) is 0 Å². The van der Waals surface area contributed by atoms with Crippen LogP contribution in [0.2, 0.25) is 5.02 Å². The van der Waals surface area contributed by atoms with E-state index < -0.39 is 0 Å². The second-order valence-electron chi connectivity index (χ2n) is 4.44. The molecule has 0 unspecified atom stereocenters. The van der Waals surface area contributed by atoms with Crippen molar-refractivity contribution in [2.24, 2.45) is 0 Å². The summed E-state index contributed by atoms with van der Waals surface area (Å²) in [5.74, 6) is 0. The Morgan fingerprint density at radius 2 is 1.83 bits per heavy atom. The summed E-state index contributed by atoms with van der Waals surface area (Å²) in [6.07, 6.45) is 1.04. The van der Waals surface area contributed by atoms with E-state index in [9.17, 15) is 0 Å². The van der Waals surface area contributed by atoms with Crippen LogP contribution in [0.25, 0.3) is 0 Å². The average Bonchev–Trinajstić information content (AvgIpc) is 2.38. The number of hydrogen-bond acceptors (Lipinski definition) is 1. The zero-order chi connectivity index (χ0) is 13.0. The molecule has 2 rings (SSSR count). The van der Waals surface area contributed by atoms with Gasteiger partial charge >= 0.3 is 0 Å². The Kier molecular flexibility index (Phi) is 4.27. The molecule has 0 aliphatic carbocycles. The lowest BCUT2D eigenvalue weighted by molar-refractivity contribution is 1.08. The number of aryl methyl sites for hydroxylation is 2. The Hall–Kier alpha value is -1.47. The zero-order valence-electron chi connectivity index (χ0n) is 10.8. The van der Waals surface area contributed by atoms with Crippen LogP contribution in [-0.2, 0) is 13.0 Å². The minimum atomic E-state index is 0.796. The molecular weight excluding hydrogens is 242 g/mol. The smallest absolute Gasteiger partial charge is 0.0408 e. The standard InChI is InChI=1S/C16H18ClN/c1-3-13-6-4-5-7-16(13)18-11-14-8-9-15(17)10-12(14)2/h4-10,18H,3,11H2,1-2H3. The number of rotatable bonds is 4. The van der Waals surface area contributed by atoms with Crippen LogP contribution in [0.1, 0.15) is 23.6 Å². The van der Waals surface area contributed by atoms with Gasteiger partial charge < -0.3 is 5.32 Å². The highest BCUT2D eigenvalue weighted by Crippen LogP contribution is 2.19. The third-order valence-electron chi connectivity index (χ3n) is 3.17. The van der Waals surface area contributed by atoms with E-state index in [1.807, 2.05) is 12.1 Å². The van der Waals surface area contributed by atoms with Gasteiger partial charge in [0.2, 0.25) is 0 Å². The molecule has 0 aliphatic heterocycles. The van der Waals surface area contributed by atoms with E-state index in [0.717, 1.165) is 18.0 Å². The molecular formula is C16H18ClN. The van der Waals surface area contributed by atoms with Crippen LogP contribution in [0.15, 0.2) is 42.5 Å². The van der Waals surface area contributed by atoms with Gasteiger partial charge in [0.1, 0.15) is 0 Å². The molecule has 2 heteroatoms. The average molecular weight is 260 g/mol. The lowest BCUT2D eigenvalue weighted by Crippen LogP contribution is -2.03. The Balaban J connectivity index is 2.11. The number of hydrogen-bond donors (Lipinski definition) is 1. The molecule has 1 N–H and O–H groups in total. The van der Waals surface area contributed by atoms with Crippen molar-refractivity contribution in [2.45, 2.75) is 26.8 Å². The van der Waals surface area contributed by atoms with Crippen LogP contribution in [0.3, 0.4) is 0 Å². The summed E-state index contributed by atoms with van der Waals surface area (Å²) in [4.78, 5) is 0. The van der Waals surface area contributed by atoms with Gasteiger partial charge in [-0.2, -0.15) is 0 Å². The maximum absolute atomic E-state index is 5.96. The molecule has 0 saturated carbocycles. The van der Waals surface area contributed by atoms with Crippen molar-refractivity contribution in [3.05, 3.63) is 64.2 Å². The number of nitrogens with one attached hydrogen (secondary N) is 1. The third kappa shape index (κ3) is 3.05. The predicted molar refractivity (Wildman–Crippen MR) is 79.3 cm³/mol. The van der Waals surface area contributed by atoms with Gasteiger partial charge in [-0.1, -0.05) is 42.8 Å². The van der Waals surface area contributed by atoms with Gasteiger partial charge in [-0.3, -0.25) is 0 Å². The maximum atomic E-state index is 5.96. The molecule has 0 aliphatic rings. The second kappa shape index (κ2) is 5.92. The van der Waals surface area contributed by atoms with E-state index in [0.29, 0.717) is 0 Å². The van der Waals surface area contributed by atoms with Gasteiger partial charge in [0, 0.05) is 17.3 Å². The molecule has 0 bridgehead atoms. The Morgan fingerprint density at radius 3 is 2.56 bits per heavy atom. The summed E-state index contributed by atoms with van der Waals surface area (Å²) >= 11 is 5.96. The molecule has 0 radical (unpaired) electrons. The Bertz CT molecular complexity index is 534. The summed E-state index contributed by atoms with van der Waals surface area (Å²) in [6.45, 7) is 5.10. The van der Waals surface area contributed by atoms with Crippen molar-refractivity contribution in [1.82, 2.24) is 0 Å². The van der Waals surface area contributed by atoms with Crippen molar-refractivity contribution in [1.29, 1.82) is 0 Å². The van der Waals surface area contributed by atoms with E-state index in [1.54, 1.807) is 0 Å². The zero-order valence-corrected chi connectivity index (χ0v) is 11.6. The lowest BCUT2D eigenvalue weighted by atomic mass is 10.1. The first-order chi connectivity index (χ1) is 8.70. The molecule has 0 fully saturated rings. The highest BCUT2D eigenvalue weighted by Gasteiger charge is 2.02. The highest BCUT2D eigenvalue weighted by molar-refractivity contribution is 6.30. The Labute approximate surface area is 114 Å². The van der Waals surface area contributed by atoms with E-state index in [1.165, 1.54) is 22.4 Å². The van der Waals surface area contributed by atoms with Gasteiger partial charge in [-0.15, -0.1) is 0 Å². The summed E-state index contributed by atoms with van der Waals surface area (Å²) in [5.41, 5.74) is 5.08. The molecule has 0 spiro atoms. The molecule has 2 aromatic carbocycles. The monoisotopic (exact) mass is 259 g/mol. The second-order valence-corrected chi connectivity index (χ2v) is 4.87.